The van der Waals surface area contributed by atoms with Crippen LogP contribution in [0.5, 0.6) is 0 Å². The van der Waals surface area contributed by atoms with Crippen LogP contribution in [0.2, 0.25) is 0 Å². The van der Waals surface area contributed by atoms with Gasteiger partial charge in [-0.05, 0) is 36.8 Å². The molecule has 0 atom stereocenters. The van der Waals surface area contributed by atoms with E-state index in [4.69, 9.17) is 17.0 Å². The van der Waals surface area contributed by atoms with Gasteiger partial charge in [-0.25, -0.2) is 9.78 Å². The Hall–Kier alpha value is -2.06. The second-order valence-electron chi connectivity index (χ2n) is 5.79. The minimum absolute atomic E-state index is 0.156. The zero-order valence-corrected chi connectivity index (χ0v) is 16.1. The highest BCUT2D eigenvalue weighted by molar-refractivity contribution is 7.80. The average Bonchev–Trinajstić information content (AvgIpc) is 2.95. The Morgan fingerprint density at radius 2 is 2.12 bits per heavy atom. The van der Waals surface area contributed by atoms with Crippen LogP contribution in [0.4, 0.5) is 5.13 Å². The van der Waals surface area contributed by atoms with Crippen molar-refractivity contribution in [3.63, 3.8) is 0 Å². The maximum atomic E-state index is 12.0. The van der Waals surface area contributed by atoms with Gasteiger partial charge in [0.25, 0.3) is 0 Å². The maximum Gasteiger partial charge on any atom is 0.338 e. The molecule has 0 spiro atoms. The molecule has 2 aromatic rings. The molecule has 1 amide bonds. The fraction of sp³-hybridized carbons (Fsp3) is 0.412. The summed E-state index contributed by atoms with van der Waals surface area (Å²) in [6.07, 6.45) is 1.82. The third kappa shape index (κ3) is 5.47. The van der Waals surface area contributed by atoms with Crippen molar-refractivity contribution in [2.45, 2.75) is 33.6 Å². The van der Waals surface area contributed by atoms with Crippen LogP contribution in [0.1, 0.15) is 44.0 Å². The Morgan fingerprint density at radius 3 is 2.80 bits per heavy atom. The van der Waals surface area contributed by atoms with E-state index in [2.05, 4.69) is 15.6 Å². The monoisotopic (exact) mass is 379 g/mol. The second kappa shape index (κ2) is 8.87. The largest absolute Gasteiger partial charge is 0.462 e. The number of fused-ring (bicyclic) bond motifs is 1. The zero-order chi connectivity index (χ0) is 18.4. The molecule has 0 saturated carbocycles. The first-order chi connectivity index (χ1) is 11.9. The first-order valence-electron chi connectivity index (χ1n) is 8.10. The van der Waals surface area contributed by atoms with Crippen molar-refractivity contribution in [2.75, 3.05) is 11.9 Å². The van der Waals surface area contributed by atoms with Gasteiger partial charge in [0.15, 0.2) is 10.2 Å². The lowest BCUT2D eigenvalue weighted by Crippen LogP contribution is -2.36. The summed E-state index contributed by atoms with van der Waals surface area (Å²) in [4.78, 5) is 28.0. The summed E-state index contributed by atoms with van der Waals surface area (Å²) in [5.74, 6) is -0.648. The van der Waals surface area contributed by atoms with Gasteiger partial charge >= 0.3 is 5.97 Å². The molecule has 0 aliphatic rings. The fourth-order valence-electron chi connectivity index (χ4n) is 1.88. The Kier molecular flexibility index (Phi) is 6.83. The Bertz CT molecular complexity index is 787. The van der Waals surface area contributed by atoms with E-state index in [1.54, 1.807) is 32.0 Å². The number of thiocarbonyl (C=S) groups is 1. The lowest BCUT2D eigenvalue weighted by molar-refractivity contribution is -0.122. The number of unbranched alkanes of at least 4 members (excludes halogenated alkanes) is 1. The van der Waals surface area contributed by atoms with Crippen molar-refractivity contribution in [3.8, 4) is 0 Å². The molecular formula is C17H21N3O3S2. The molecule has 0 fully saturated rings. The number of amides is 1. The van der Waals surface area contributed by atoms with E-state index < -0.39 is 0 Å². The molecule has 0 bridgehead atoms. The van der Waals surface area contributed by atoms with Gasteiger partial charge in [-0.15, -0.1) is 0 Å². The molecule has 0 aliphatic carbocycles. The number of nitrogens with one attached hydrogen (secondary N) is 2. The van der Waals surface area contributed by atoms with Gasteiger partial charge in [0.2, 0.25) is 5.91 Å². The number of esters is 1. The van der Waals surface area contributed by atoms with Crippen molar-refractivity contribution in [2.24, 2.45) is 5.92 Å². The number of ether oxygens (including phenoxy) is 1. The van der Waals surface area contributed by atoms with Crippen LogP contribution >= 0.6 is 23.6 Å². The van der Waals surface area contributed by atoms with E-state index in [0.717, 1.165) is 23.1 Å². The smallest absolute Gasteiger partial charge is 0.338 e. The Labute approximate surface area is 156 Å². The number of anilines is 1. The molecule has 6 nitrogen and oxygen atoms in total. The van der Waals surface area contributed by atoms with Gasteiger partial charge in [-0.2, -0.15) is 0 Å². The fourth-order valence-corrected chi connectivity index (χ4v) is 3.05. The summed E-state index contributed by atoms with van der Waals surface area (Å²) in [7, 11) is 0. The van der Waals surface area contributed by atoms with Crippen LogP contribution in [0, 0.1) is 5.92 Å². The van der Waals surface area contributed by atoms with E-state index in [0.29, 0.717) is 17.3 Å². The molecule has 2 rings (SSSR count). The van der Waals surface area contributed by atoms with Gasteiger partial charge in [-0.1, -0.05) is 38.5 Å². The van der Waals surface area contributed by atoms with Crippen LogP contribution in [0.25, 0.3) is 10.2 Å². The number of aromatic nitrogens is 1. The highest BCUT2D eigenvalue weighted by Gasteiger charge is 2.13. The topological polar surface area (TPSA) is 80.3 Å². The summed E-state index contributed by atoms with van der Waals surface area (Å²) in [5.41, 5.74) is 1.24. The van der Waals surface area contributed by atoms with Crippen molar-refractivity contribution in [1.29, 1.82) is 0 Å². The minimum atomic E-state index is -0.335. The highest BCUT2D eigenvalue weighted by Crippen LogP contribution is 2.27. The normalized spacial score (nSPS) is 10.7. The Balaban J connectivity index is 2.05. The third-order valence-corrected chi connectivity index (χ3v) is 4.47. The second-order valence-corrected chi connectivity index (χ2v) is 7.23. The average molecular weight is 380 g/mol. The van der Waals surface area contributed by atoms with Gasteiger partial charge < -0.3 is 15.4 Å². The summed E-state index contributed by atoms with van der Waals surface area (Å²) in [6.45, 7) is 6.04. The number of carbonyl (C=O) groups is 2. The van der Waals surface area contributed by atoms with Crippen LogP contribution in [-0.4, -0.2) is 28.6 Å². The zero-order valence-electron chi connectivity index (χ0n) is 14.4. The number of hydrogen-bond acceptors (Lipinski definition) is 6. The van der Waals surface area contributed by atoms with Crippen LogP contribution in [0.15, 0.2) is 18.2 Å². The highest BCUT2D eigenvalue weighted by atomic mass is 32.1. The molecule has 134 valence electrons. The lowest BCUT2D eigenvalue weighted by Gasteiger charge is -2.08. The number of thiazole rings is 1. The SMILES string of the molecule is CCCCOC(=O)c1ccc2nc(NC(=S)NC(=O)C(C)C)sc2c1. The molecule has 25 heavy (non-hydrogen) atoms. The molecule has 1 aromatic carbocycles. The number of carbonyl (C=O) groups excluding carboxylic acids is 2. The minimum Gasteiger partial charge on any atom is -0.462 e. The predicted molar refractivity (Wildman–Crippen MR) is 104 cm³/mol. The van der Waals surface area contributed by atoms with E-state index in [1.807, 2.05) is 6.92 Å². The van der Waals surface area contributed by atoms with Crippen molar-refractivity contribution in [3.05, 3.63) is 23.8 Å². The first kappa shape index (κ1) is 19.3. The lowest BCUT2D eigenvalue weighted by atomic mass is 10.2. The molecule has 0 radical (unpaired) electrons. The molecule has 0 saturated heterocycles. The summed E-state index contributed by atoms with van der Waals surface area (Å²) in [6, 6.07) is 5.21. The van der Waals surface area contributed by atoms with Crippen molar-refractivity contribution >= 4 is 55.9 Å². The third-order valence-electron chi connectivity index (χ3n) is 3.34. The molecule has 1 aromatic heterocycles. The van der Waals surface area contributed by atoms with Gasteiger partial charge in [0, 0.05) is 5.92 Å². The number of hydrogen-bond donors (Lipinski definition) is 2. The maximum absolute atomic E-state index is 12.0. The molecular weight excluding hydrogens is 358 g/mol. The van der Waals surface area contributed by atoms with Gasteiger partial charge in [-0.3, -0.25) is 4.79 Å². The van der Waals surface area contributed by atoms with Gasteiger partial charge in [0.1, 0.15) is 0 Å². The molecule has 1 heterocycles. The van der Waals surface area contributed by atoms with Crippen molar-refractivity contribution < 1.29 is 14.3 Å². The summed E-state index contributed by atoms with van der Waals surface area (Å²) < 4.78 is 6.05. The van der Waals surface area contributed by atoms with E-state index in [9.17, 15) is 9.59 Å². The van der Waals surface area contributed by atoms with Crippen LogP contribution < -0.4 is 10.6 Å². The number of benzene rings is 1. The molecule has 2 N–H and O–H groups in total. The predicted octanol–water partition coefficient (Wildman–Crippen LogP) is 3.72. The summed E-state index contributed by atoms with van der Waals surface area (Å²) >= 11 is 6.46. The number of rotatable bonds is 6. The van der Waals surface area contributed by atoms with Gasteiger partial charge in [0.05, 0.1) is 22.4 Å². The quantitative estimate of drug-likeness (QED) is 0.452. The van der Waals surface area contributed by atoms with Crippen LogP contribution in [-0.2, 0) is 9.53 Å². The Morgan fingerprint density at radius 1 is 1.36 bits per heavy atom. The van der Waals surface area contributed by atoms with E-state index in [1.165, 1.54) is 11.3 Å². The van der Waals surface area contributed by atoms with E-state index >= 15 is 0 Å². The molecule has 0 aliphatic heterocycles. The summed E-state index contributed by atoms with van der Waals surface area (Å²) in [5, 5.41) is 6.26. The van der Waals surface area contributed by atoms with Crippen molar-refractivity contribution in [1.82, 2.24) is 10.3 Å². The van der Waals surface area contributed by atoms with Crippen LogP contribution in [0.3, 0.4) is 0 Å². The molecule has 8 heteroatoms. The number of nitrogens with zero attached hydrogens (tertiary/aromatic N) is 1. The first-order valence-corrected chi connectivity index (χ1v) is 9.32. The van der Waals surface area contributed by atoms with E-state index in [-0.39, 0.29) is 22.9 Å². The molecule has 0 unspecified atom stereocenters. The standard InChI is InChI=1S/C17H21N3O3S2/c1-4-5-8-23-15(22)11-6-7-12-13(9-11)25-17(18-12)20-16(24)19-14(21)10(2)3/h6-7,9-10H,4-5,8H2,1-3H3,(H2,18,19,20,21,24).